The van der Waals surface area contributed by atoms with Crippen molar-refractivity contribution in [3.05, 3.63) is 59.7 Å². The van der Waals surface area contributed by atoms with E-state index in [2.05, 4.69) is 17.9 Å². The molecule has 0 saturated heterocycles. The van der Waals surface area contributed by atoms with Crippen LogP contribution in [0.25, 0.3) is 0 Å². The Labute approximate surface area is 106 Å². The van der Waals surface area contributed by atoms with Crippen molar-refractivity contribution in [1.82, 2.24) is 0 Å². The maximum Gasteiger partial charge on any atom is 0.193 e. The summed E-state index contributed by atoms with van der Waals surface area (Å²) in [7, 11) is 1.83. The van der Waals surface area contributed by atoms with E-state index in [1.165, 1.54) is 0 Å². The summed E-state index contributed by atoms with van der Waals surface area (Å²) < 4.78 is 0. The normalized spacial score (nSPS) is 10.0. The molecule has 0 aliphatic rings. The van der Waals surface area contributed by atoms with Crippen molar-refractivity contribution in [2.45, 2.75) is 4.90 Å². The van der Waals surface area contributed by atoms with E-state index in [0.29, 0.717) is 11.1 Å². The zero-order chi connectivity index (χ0) is 12.3. The molecule has 17 heavy (non-hydrogen) atoms. The van der Waals surface area contributed by atoms with E-state index in [4.69, 9.17) is 0 Å². The smallest absolute Gasteiger partial charge is 0.193 e. The maximum absolute atomic E-state index is 12.1. The van der Waals surface area contributed by atoms with Gasteiger partial charge in [-0.05, 0) is 18.2 Å². The molecule has 2 aromatic rings. The molecule has 86 valence electrons. The van der Waals surface area contributed by atoms with Gasteiger partial charge >= 0.3 is 0 Å². The highest BCUT2D eigenvalue weighted by Gasteiger charge is 2.09. The number of hydrogen-bond donors (Lipinski definition) is 2. The van der Waals surface area contributed by atoms with Gasteiger partial charge in [-0.25, -0.2) is 0 Å². The first-order valence-corrected chi connectivity index (χ1v) is 5.77. The van der Waals surface area contributed by atoms with Crippen molar-refractivity contribution in [2.75, 3.05) is 12.4 Å². The number of rotatable bonds is 3. The minimum atomic E-state index is 0.0172. The quantitative estimate of drug-likeness (QED) is 0.640. The van der Waals surface area contributed by atoms with Crippen molar-refractivity contribution in [3.8, 4) is 0 Å². The Morgan fingerprint density at radius 2 is 1.76 bits per heavy atom. The number of nitrogens with one attached hydrogen (secondary N) is 1. The van der Waals surface area contributed by atoms with E-state index in [1.54, 1.807) is 12.1 Å². The number of thiol groups is 1. The molecule has 0 aromatic heterocycles. The van der Waals surface area contributed by atoms with Crippen LogP contribution in [0.2, 0.25) is 0 Å². The molecule has 2 aromatic carbocycles. The lowest BCUT2D eigenvalue weighted by Crippen LogP contribution is -2.01. The summed E-state index contributed by atoms with van der Waals surface area (Å²) in [6, 6.07) is 14.7. The minimum absolute atomic E-state index is 0.0172. The molecule has 2 nitrogen and oxygen atoms in total. The SMILES string of the molecule is CNc1ccc(C(=O)c2ccccc2)cc1S. The largest absolute Gasteiger partial charge is 0.387 e. The molecule has 0 bridgehead atoms. The number of carbonyl (C=O) groups is 1. The van der Waals surface area contributed by atoms with E-state index in [1.807, 2.05) is 43.4 Å². The van der Waals surface area contributed by atoms with Crippen LogP contribution < -0.4 is 5.32 Å². The van der Waals surface area contributed by atoms with Gasteiger partial charge in [-0.3, -0.25) is 4.79 Å². The molecule has 2 rings (SSSR count). The Bertz CT molecular complexity index is 537. The average Bonchev–Trinajstić information content (AvgIpc) is 2.39. The standard InChI is InChI=1S/C14H13NOS/c1-15-12-8-7-11(9-13(12)17)14(16)10-5-3-2-4-6-10/h2-9,15,17H,1H3. The van der Waals surface area contributed by atoms with Gasteiger partial charge in [-0.15, -0.1) is 12.6 Å². The van der Waals surface area contributed by atoms with Crippen LogP contribution in [0.5, 0.6) is 0 Å². The topological polar surface area (TPSA) is 29.1 Å². The number of benzene rings is 2. The van der Waals surface area contributed by atoms with Gasteiger partial charge in [0, 0.05) is 28.8 Å². The van der Waals surface area contributed by atoms with Crippen molar-refractivity contribution in [2.24, 2.45) is 0 Å². The van der Waals surface area contributed by atoms with Gasteiger partial charge in [0.1, 0.15) is 0 Å². The first-order valence-electron chi connectivity index (χ1n) is 5.33. The minimum Gasteiger partial charge on any atom is -0.387 e. The predicted octanol–water partition coefficient (Wildman–Crippen LogP) is 3.25. The van der Waals surface area contributed by atoms with Crippen LogP contribution >= 0.6 is 12.6 Å². The first kappa shape index (κ1) is 11.7. The Balaban J connectivity index is 2.35. The van der Waals surface area contributed by atoms with Crippen LogP contribution in [0.1, 0.15) is 15.9 Å². The first-order chi connectivity index (χ1) is 8.22. The molecule has 0 heterocycles. The van der Waals surface area contributed by atoms with E-state index in [9.17, 15) is 4.79 Å². The van der Waals surface area contributed by atoms with Crippen molar-refractivity contribution in [3.63, 3.8) is 0 Å². The highest BCUT2D eigenvalue weighted by molar-refractivity contribution is 7.80. The summed E-state index contributed by atoms with van der Waals surface area (Å²) in [4.78, 5) is 12.9. The maximum atomic E-state index is 12.1. The summed E-state index contributed by atoms with van der Waals surface area (Å²) in [5.41, 5.74) is 2.26. The van der Waals surface area contributed by atoms with Crippen LogP contribution in [0.15, 0.2) is 53.4 Å². The Kier molecular flexibility index (Phi) is 3.49. The molecule has 0 aliphatic carbocycles. The van der Waals surface area contributed by atoms with Crippen LogP contribution in [0.4, 0.5) is 5.69 Å². The molecule has 0 unspecified atom stereocenters. The number of carbonyl (C=O) groups excluding carboxylic acids is 1. The molecule has 0 amide bonds. The Hall–Kier alpha value is -1.74. The van der Waals surface area contributed by atoms with E-state index >= 15 is 0 Å². The summed E-state index contributed by atoms with van der Waals surface area (Å²) in [5.74, 6) is 0.0172. The second-order valence-electron chi connectivity index (χ2n) is 3.68. The number of anilines is 1. The van der Waals surface area contributed by atoms with E-state index in [-0.39, 0.29) is 5.78 Å². The molecule has 3 heteroatoms. The molecule has 0 aliphatic heterocycles. The second-order valence-corrected chi connectivity index (χ2v) is 4.16. The fraction of sp³-hybridized carbons (Fsp3) is 0.0714. The lowest BCUT2D eigenvalue weighted by atomic mass is 10.0. The van der Waals surface area contributed by atoms with Crippen LogP contribution in [-0.2, 0) is 0 Å². The lowest BCUT2D eigenvalue weighted by Gasteiger charge is -2.06. The Morgan fingerprint density at radius 3 is 2.35 bits per heavy atom. The zero-order valence-electron chi connectivity index (χ0n) is 9.47. The van der Waals surface area contributed by atoms with Gasteiger partial charge in [0.05, 0.1) is 0 Å². The second kappa shape index (κ2) is 5.06. The van der Waals surface area contributed by atoms with Gasteiger partial charge in [0.2, 0.25) is 0 Å². The third-order valence-electron chi connectivity index (χ3n) is 2.57. The summed E-state index contributed by atoms with van der Waals surface area (Å²) in [6.45, 7) is 0. The molecule has 1 N–H and O–H groups in total. The predicted molar refractivity (Wildman–Crippen MR) is 73.1 cm³/mol. The molecule has 0 radical (unpaired) electrons. The third kappa shape index (κ3) is 2.50. The number of ketones is 1. The van der Waals surface area contributed by atoms with E-state index < -0.39 is 0 Å². The summed E-state index contributed by atoms with van der Waals surface area (Å²) >= 11 is 4.34. The van der Waals surface area contributed by atoms with E-state index in [0.717, 1.165) is 10.6 Å². The summed E-state index contributed by atoms with van der Waals surface area (Å²) in [5, 5.41) is 3.01. The summed E-state index contributed by atoms with van der Waals surface area (Å²) in [6.07, 6.45) is 0. The van der Waals surface area contributed by atoms with Gasteiger partial charge in [0.25, 0.3) is 0 Å². The highest BCUT2D eigenvalue weighted by Crippen LogP contribution is 2.22. The fourth-order valence-electron chi connectivity index (χ4n) is 1.64. The van der Waals surface area contributed by atoms with Crippen LogP contribution in [0.3, 0.4) is 0 Å². The molecule has 0 fully saturated rings. The van der Waals surface area contributed by atoms with Gasteiger partial charge in [-0.1, -0.05) is 30.3 Å². The monoisotopic (exact) mass is 243 g/mol. The molecule has 0 atom stereocenters. The Morgan fingerprint density at radius 1 is 1.06 bits per heavy atom. The molecule has 0 saturated carbocycles. The highest BCUT2D eigenvalue weighted by atomic mass is 32.1. The van der Waals surface area contributed by atoms with Crippen LogP contribution in [-0.4, -0.2) is 12.8 Å². The van der Waals surface area contributed by atoms with Gasteiger partial charge in [-0.2, -0.15) is 0 Å². The van der Waals surface area contributed by atoms with Crippen LogP contribution in [0, 0.1) is 0 Å². The van der Waals surface area contributed by atoms with Gasteiger partial charge in [0.15, 0.2) is 5.78 Å². The van der Waals surface area contributed by atoms with Crippen molar-refractivity contribution < 1.29 is 4.79 Å². The molecular formula is C14H13NOS. The average molecular weight is 243 g/mol. The molecular weight excluding hydrogens is 230 g/mol. The molecule has 0 spiro atoms. The lowest BCUT2D eigenvalue weighted by molar-refractivity contribution is 0.103. The fourth-order valence-corrected chi connectivity index (χ4v) is 1.97. The number of hydrogen-bond acceptors (Lipinski definition) is 3. The third-order valence-corrected chi connectivity index (χ3v) is 2.94. The zero-order valence-corrected chi connectivity index (χ0v) is 10.4. The van der Waals surface area contributed by atoms with Crippen molar-refractivity contribution in [1.29, 1.82) is 0 Å². The van der Waals surface area contributed by atoms with Crippen molar-refractivity contribution >= 4 is 24.1 Å². The van der Waals surface area contributed by atoms with Gasteiger partial charge < -0.3 is 5.32 Å².